The summed E-state index contributed by atoms with van der Waals surface area (Å²) in [6.45, 7) is 7.41. The van der Waals surface area contributed by atoms with Crippen molar-refractivity contribution < 1.29 is 4.74 Å². The molecule has 0 unspecified atom stereocenters. The molecular formula is C22H28Cl2N2O. The van der Waals surface area contributed by atoms with Crippen LogP contribution in [0.4, 0.5) is 0 Å². The van der Waals surface area contributed by atoms with Gasteiger partial charge in [-0.05, 0) is 11.1 Å². The highest BCUT2D eigenvalue weighted by Crippen LogP contribution is 2.30. The topological polar surface area (TPSA) is 15.7 Å². The quantitative estimate of drug-likeness (QED) is 0.735. The Hall–Kier alpha value is -1.52. The Kier molecular flexibility index (Phi) is 8.65. The Bertz CT molecular complexity index is 728. The van der Waals surface area contributed by atoms with Crippen molar-refractivity contribution in [1.82, 2.24) is 9.80 Å². The second-order valence-corrected chi connectivity index (χ2v) is 6.89. The fourth-order valence-corrected chi connectivity index (χ4v) is 3.68. The molecule has 0 N–H and O–H groups in total. The third-order valence-electron chi connectivity index (χ3n) is 5.13. The fourth-order valence-electron chi connectivity index (χ4n) is 3.68. The minimum Gasteiger partial charge on any atom is -0.493 e. The summed E-state index contributed by atoms with van der Waals surface area (Å²) in [4.78, 5) is 5.08. The first-order valence-corrected chi connectivity index (χ1v) is 9.28. The third kappa shape index (κ3) is 5.73. The van der Waals surface area contributed by atoms with Crippen molar-refractivity contribution in [3.8, 4) is 5.75 Å². The molecule has 0 aliphatic carbocycles. The van der Waals surface area contributed by atoms with Crippen LogP contribution < -0.4 is 4.74 Å². The SMILES string of the molecule is C(=Cc1ccccc1)CN1CCN(Cc2cccc3c2OCC3)CC1.Cl.Cl. The largest absolute Gasteiger partial charge is 0.493 e. The van der Waals surface area contributed by atoms with E-state index in [1.165, 1.54) is 16.7 Å². The van der Waals surface area contributed by atoms with Gasteiger partial charge in [0.05, 0.1) is 6.61 Å². The number of piperazine rings is 1. The highest BCUT2D eigenvalue weighted by Gasteiger charge is 2.20. The lowest BCUT2D eigenvalue weighted by Crippen LogP contribution is -2.45. The number of benzene rings is 2. The smallest absolute Gasteiger partial charge is 0.127 e. The molecule has 3 nitrogen and oxygen atoms in total. The van der Waals surface area contributed by atoms with Crippen LogP contribution in [0, 0.1) is 0 Å². The average molecular weight is 407 g/mol. The van der Waals surface area contributed by atoms with Crippen molar-refractivity contribution in [1.29, 1.82) is 0 Å². The van der Waals surface area contributed by atoms with Gasteiger partial charge < -0.3 is 4.74 Å². The van der Waals surface area contributed by atoms with Crippen molar-refractivity contribution in [2.24, 2.45) is 0 Å². The maximum atomic E-state index is 5.84. The lowest BCUT2D eigenvalue weighted by molar-refractivity contribution is 0.136. The van der Waals surface area contributed by atoms with E-state index in [1.807, 2.05) is 0 Å². The lowest BCUT2D eigenvalue weighted by atomic mass is 10.1. The highest BCUT2D eigenvalue weighted by molar-refractivity contribution is 5.85. The van der Waals surface area contributed by atoms with E-state index in [-0.39, 0.29) is 24.8 Å². The number of hydrogen-bond donors (Lipinski definition) is 0. The fraction of sp³-hybridized carbons (Fsp3) is 0.364. The summed E-state index contributed by atoms with van der Waals surface area (Å²) in [5.74, 6) is 1.15. The van der Waals surface area contributed by atoms with Gasteiger partial charge in [0.25, 0.3) is 0 Å². The minimum absolute atomic E-state index is 0. The zero-order valence-corrected chi connectivity index (χ0v) is 17.2. The number of ether oxygens (including phenoxy) is 1. The molecule has 4 rings (SSSR count). The molecule has 0 spiro atoms. The summed E-state index contributed by atoms with van der Waals surface area (Å²) in [6.07, 6.45) is 5.56. The monoisotopic (exact) mass is 406 g/mol. The molecule has 2 aliphatic rings. The van der Waals surface area contributed by atoms with Crippen molar-refractivity contribution in [3.63, 3.8) is 0 Å². The second-order valence-electron chi connectivity index (χ2n) is 6.89. The van der Waals surface area contributed by atoms with Crippen LogP contribution >= 0.6 is 24.8 Å². The molecule has 5 heteroatoms. The van der Waals surface area contributed by atoms with Crippen LogP contribution in [-0.4, -0.2) is 49.1 Å². The maximum absolute atomic E-state index is 5.84. The molecule has 27 heavy (non-hydrogen) atoms. The number of para-hydroxylation sites is 1. The van der Waals surface area contributed by atoms with Crippen molar-refractivity contribution in [2.45, 2.75) is 13.0 Å². The zero-order chi connectivity index (χ0) is 16.9. The number of nitrogens with zero attached hydrogens (tertiary/aromatic N) is 2. The van der Waals surface area contributed by atoms with Crippen LogP contribution in [-0.2, 0) is 13.0 Å². The average Bonchev–Trinajstić information content (AvgIpc) is 3.14. The van der Waals surface area contributed by atoms with Crippen LogP contribution in [0.3, 0.4) is 0 Å². The van der Waals surface area contributed by atoms with E-state index < -0.39 is 0 Å². The first-order valence-electron chi connectivity index (χ1n) is 9.28. The number of halogens is 2. The summed E-state index contributed by atoms with van der Waals surface area (Å²) in [7, 11) is 0. The van der Waals surface area contributed by atoms with Gasteiger partial charge in [-0.1, -0.05) is 60.7 Å². The zero-order valence-electron chi connectivity index (χ0n) is 15.5. The van der Waals surface area contributed by atoms with Gasteiger partial charge in [0, 0.05) is 51.3 Å². The summed E-state index contributed by atoms with van der Waals surface area (Å²) in [5, 5.41) is 0. The normalized spacial score (nSPS) is 17.0. The first kappa shape index (κ1) is 21.8. The molecule has 0 atom stereocenters. The van der Waals surface area contributed by atoms with E-state index in [9.17, 15) is 0 Å². The summed E-state index contributed by atoms with van der Waals surface area (Å²) < 4.78 is 5.84. The highest BCUT2D eigenvalue weighted by atomic mass is 35.5. The molecule has 1 fully saturated rings. The van der Waals surface area contributed by atoms with Gasteiger partial charge in [0.15, 0.2) is 0 Å². The molecule has 2 heterocycles. The Labute approximate surface area is 174 Å². The molecule has 2 aromatic carbocycles. The molecule has 0 bridgehead atoms. The van der Waals surface area contributed by atoms with Gasteiger partial charge in [-0.3, -0.25) is 9.80 Å². The van der Waals surface area contributed by atoms with Crippen LogP contribution in [0.5, 0.6) is 5.75 Å². The Morgan fingerprint density at radius 2 is 1.59 bits per heavy atom. The van der Waals surface area contributed by atoms with Crippen LogP contribution in [0.2, 0.25) is 0 Å². The Morgan fingerprint density at radius 3 is 2.37 bits per heavy atom. The van der Waals surface area contributed by atoms with Gasteiger partial charge in [0.2, 0.25) is 0 Å². The molecular weight excluding hydrogens is 379 g/mol. The molecule has 2 aromatic rings. The van der Waals surface area contributed by atoms with Crippen molar-refractivity contribution in [3.05, 3.63) is 71.3 Å². The van der Waals surface area contributed by atoms with E-state index in [1.54, 1.807) is 0 Å². The summed E-state index contributed by atoms with van der Waals surface area (Å²) in [6, 6.07) is 17.1. The molecule has 2 aliphatic heterocycles. The van der Waals surface area contributed by atoms with Gasteiger partial charge in [-0.15, -0.1) is 24.8 Å². The molecule has 1 saturated heterocycles. The van der Waals surface area contributed by atoms with Gasteiger partial charge in [0.1, 0.15) is 5.75 Å². The lowest BCUT2D eigenvalue weighted by Gasteiger charge is -2.34. The number of fused-ring (bicyclic) bond motifs is 1. The molecule has 0 aromatic heterocycles. The maximum Gasteiger partial charge on any atom is 0.127 e. The predicted molar refractivity (Wildman–Crippen MR) is 117 cm³/mol. The second kappa shape index (κ2) is 10.7. The number of rotatable bonds is 5. The standard InChI is InChI=1S/C22H26N2O.2ClH/c1-2-6-19(7-3-1)8-5-12-23-13-15-24(16-14-23)18-21-10-4-9-20-11-17-25-22(20)21;;/h1-10H,11-18H2;2*1H. The van der Waals surface area contributed by atoms with Crippen molar-refractivity contribution in [2.75, 3.05) is 39.3 Å². The van der Waals surface area contributed by atoms with Crippen LogP contribution in [0.1, 0.15) is 16.7 Å². The Morgan fingerprint density at radius 1 is 0.852 bits per heavy atom. The van der Waals surface area contributed by atoms with Crippen molar-refractivity contribution >= 4 is 30.9 Å². The minimum atomic E-state index is 0. The van der Waals surface area contributed by atoms with E-state index >= 15 is 0 Å². The molecule has 0 radical (unpaired) electrons. The third-order valence-corrected chi connectivity index (χ3v) is 5.13. The molecule has 0 amide bonds. The van der Waals surface area contributed by atoms with Gasteiger partial charge in [-0.25, -0.2) is 0 Å². The Balaban J connectivity index is 0.00000131. The van der Waals surface area contributed by atoms with Crippen LogP contribution in [0.25, 0.3) is 6.08 Å². The first-order chi connectivity index (χ1) is 12.4. The molecule has 146 valence electrons. The van der Waals surface area contributed by atoms with E-state index in [4.69, 9.17) is 4.74 Å². The summed E-state index contributed by atoms with van der Waals surface area (Å²) in [5.41, 5.74) is 4.01. The molecule has 0 saturated carbocycles. The van der Waals surface area contributed by atoms with E-state index in [0.29, 0.717) is 0 Å². The summed E-state index contributed by atoms with van der Waals surface area (Å²) >= 11 is 0. The van der Waals surface area contributed by atoms with E-state index in [2.05, 4.69) is 70.5 Å². The van der Waals surface area contributed by atoms with E-state index in [0.717, 1.165) is 58.0 Å². The van der Waals surface area contributed by atoms with Crippen LogP contribution in [0.15, 0.2) is 54.6 Å². The van der Waals surface area contributed by atoms with Gasteiger partial charge in [-0.2, -0.15) is 0 Å². The number of hydrogen-bond acceptors (Lipinski definition) is 3. The van der Waals surface area contributed by atoms with Gasteiger partial charge >= 0.3 is 0 Å². The predicted octanol–water partition coefficient (Wildman–Crippen LogP) is 4.30.